The molecule has 0 bridgehead atoms. The molecule has 0 heterocycles. The minimum Gasteiger partial charge on any atom is -0.493 e. The predicted molar refractivity (Wildman–Crippen MR) is 139 cm³/mol. The van der Waals surface area contributed by atoms with Crippen LogP contribution in [-0.2, 0) is 16.0 Å². The molecule has 1 amide bonds. The first kappa shape index (κ1) is 25.3. The molecule has 0 aromatic heterocycles. The zero-order valence-electron chi connectivity index (χ0n) is 20.6. The Morgan fingerprint density at radius 3 is 2.19 bits per heavy atom. The maximum atomic E-state index is 12.7. The Morgan fingerprint density at radius 2 is 1.53 bits per heavy atom. The van der Waals surface area contributed by atoms with E-state index in [-0.39, 0.29) is 18.9 Å². The van der Waals surface area contributed by atoms with Crippen molar-refractivity contribution in [1.82, 2.24) is 5.32 Å². The molecule has 0 aliphatic heterocycles. The normalized spacial score (nSPS) is 12.9. The number of carboxylic acids is 1. The summed E-state index contributed by atoms with van der Waals surface area (Å²) in [6, 6.07) is 22.4. The predicted octanol–water partition coefficient (Wildman–Crippen LogP) is 6.18. The number of ether oxygens (including phenoxy) is 2. The third-order valence-electron chi connectivity index (χ3n) is 6.59. The van der Waals surface area contributed by atoms with Gasteiger partial charge in [0, 0.05) is 12.3 Å². The van der Waals surface area contributed by atoms with Gasteiger partial charge in [-0.1, -0.05) is 92.9 Å². The van der Waals surface area contributed by atoms with E-state index >= 15 is 0 Å². The van der Waals surface area contributed by atoms with Crippen molar-refractivity contribution in [2.24, 2.45) is 0 Å². The van der Waals surface area contributed by atoms with E-state index in [0.717, 1.165) is 53.5 Å². The second-order valence-corrected chi connectivity index (χ2v) is 9.08. The fraction of sp³-hybridized carbons (Fsp3) is 0.333. The van der Waals surface area contributed by atoms with Crippen molar-refractivity contribution in [3.63, 3.8) is 0 Å². The van der Waals surface area contributed by atoms with Crippen LogP contribution in [0.3, 0.4) is 0 Å². The van der Waals surface area contributed by atoms with E-state index < -0.39 is 18.1 Å². The maximum absolute atomic E-state index is 12.7. The van der Waals surface area contributed by atoms with Crippen LogP contribution in [0, 0.1) is 0 Å². The standard InChI is InChI=1S/C30H33NO5/c1-2-3-4-11-18-35-28-17-10-5-12-21(28)19-27(29(32)33)31-30(34)36-20-26-24-15-8-6-13-22(24)23-14-7-9-16-25(23)26/h5-10,12-17,26-27H,2-4,11,18-20H2,1H3,(H,31,34)(H,32,33). The molecule has 6 nitrogen and oxygen atoms in total. The van der Waals surface area contributed by atoms with E-state index in [1.807, 2.05) is 60.7 Å². The zero-order valence-corrected chi connectivity index (χ0v) is 20.6. The molecule has 3 aromatic carbocycles. The first-order chi connectivity index (χ1) is 17.6. The molecule has 0 fully saturated rings. The van der Waals surface area contributed by atoms with Crippen LogP contribution < -0.4 is 10.1 Å². The molecular weight excluding hydrogens is 454 g/mol. The van der Waals surface area contributed by atoms with Crippen molar-refractivity contribution in [2.75, 3.05) is 13.2 Å². The van der Waals surface area contributed by atoms with Crippen LogP contribution in [0.5, 0.6) is 5.75 Å². The smallest absolute Gasteiger partial charge is 0.407 e. The van der Waals surface area contributed by atoms with Gasteiger partial charge in [0.05, 0.1) is 6.61 Å². The van der Waals surface area contributed by atoms with Crippen molar-refractivity contribution >= 4 is 12.1 Å². The van der Waals surface area contributed by atoms with Gasteiger partial charge in [0.25, 0.3) is 0 Å². The fourth-order valence-corrected chi connectivity index (χ4v) is 4.73. The van der Waals surface area contributed by atoms with Gasteiger partial charge in [-0.2, -0.15) is 0 Å². The molecule has 3 aromatic rings. The molecule has 1 unspecified atom stereocenters. The highest BCUT2D eigenvalue weighted by molar-refractivity contribution is 5.81. The molecule has 1 aliphatic rings. The molecule has 0 spiro atoms. The summed E-state index contributed by atoms with van der Waals surface area (Å²) in [7, 11) is 0. The average molecular weight is 488 g/mol. The van der Waals surface area contributed by atoms with Gasteiger partial charge in [0.1, 0.15) is 18.4 Å². The van der Waals surface area contributed by atoms with E-state index in [2.05, 4.69) is 24.4 Å². The molecule has 0 saturated heterocycles. The highest BCUT2D eigenvalue weighted by Gasteiger charge is 2.30. The number of nitrogens with one attached hydrogen (secondary N) is 1. The zero-order chi connectivity index (χ0) is 25.3. The molecule has 0 radical (unpaired) electrons. The second-order valence-electron chi connectivity index (χ2n) is 9.08. The largest absolute Gasteiger partial charge is 0.493 e. The van der Waals surface area contributed by atoms with Crippen LogP contribution in [0.25, 0.3) is 11.1 Å². The summed E-state index contributed by atoms with van der Waals surface area (Å²) in [5.74, 6) is -0.566. The van der Waals surface area contributed by atoms with Crippen molar-refractivity contribution in [2.45, 2.75) is 51.0 Å². The average Bonchev–Trinajstić information content (AvgIpc) is 3.21. The Bertz CT molecular complexity index is 1150. The van der Waals surface area contributed by atoms with Crippen LogP contribution in [0.2, 0.25) is 0 Å². The summed E-state index contributed by atoms with van der Waals surface area (Å²) in [6.45, 7) is 2.87. The van der Waals surface area contributed by atoms with Crippen molar-refractivity contribution in [3.8, 4) is 16.9 Å². The van der Waals surface area contributed by atoms with Gasteiger partial charge in [0.15, 0.2) is 0 Å². The van der Waals surface area contributed by atoms with E-state index in [1.165, 1.54) is 0 Å². The number of hydrogen-bond acceptors (Lipinski definition) is 4. The van der Waals surface area contributed by atoms with Crippen molar-refractivity contribution < 1.29 is 24.2 Å². The Hall–Kier alpha value is -3.80. The Labute approximate surface area is 212 Å². The summed E-state index contributed by atoms with van der Waals surface area (Å²) >= 11 is 0. The monoisotopic (exact) mass is 487 g/mol. The number of carboxylic acid groups (broad SMARTS) is 1. The van der Waals surface area contributed by atoms with Gasteiger partial charge in [-0.25, -0.2) is 9.59 Å². The summed E-state index contributed by atoms with van der Waals surface area (Å²) in [5, 5.41) is 12.3. The van der Waals surface area contributed by atoms with Gasteiger partial charge in [0.2, 0.25) is 0 Å². The quantitative estimate of drug-likeness (QED) is 0.298. The van der Waals surface area contributed by atoms with Gasteiger partial charge < -0.3 is 19.9 Å². The first-order valence-corrected chi connectivity index (χ1v) is 12.6. The number of amides is 1. The number of rotatable bonds is 12. The number of hydrogen-bond donors (Lipinski definition) is 2. The lowest BCUT2D eigenvalue weighted by atomic mass is 9.98. The van der Waals surface area contributed by atoms with Crippen LogP contribution in [0.4, 0.5) is 4.79 Å². The fourth-order valence-electron chi connectivity index (χ4n) is 4.73. The topological polar surface area (TPSA) is 84.9 Å². The number of unbranched alkanes of at least 4 members (excludes halogenated alkanes) is 3. The lowest BCUT2D eigenvalue weighted by molar-refractivity contribution is -0.139. The molecular formula is C30H33NO5. The lowest BCUT2D eigenvalue weighted by Gasteiger charge is -2.19. The van der Waals surface area contributed by atoms with E-state index in [1.54, 1.807) is 0 Å². The molecule has 4 rings (SSSR count). The molecule has 188 valence electrons. The number of para-hydroxylation sites is 1. The maximum Gasteiger partial charge on any atom is 0.407 e. The van der Waals surface area contributed by atoms with Crippen LogP contribution in [0.1, 0.15) is 55.2 Å². The molecule has 1 atom stereocenters. The van der Waals surface area contributed by atoms with Gasteiger partial charge in [-0.05, 0) is 40.3 Å². The van der Waals surface area contributed by atoms with E-state index in [9.17, 15) is 14.7 Å². The van der Waals surface area contributed by atoms with Crippen molar-refractivity contribution in [1.29, 1.82) is 0 Å². The number of carbonyl (C=O) groups is 2. The number of fused-ring (bicyclic) bond motifs is 3. The SMILES string of the molecule is CCCCCCOc1ccccc1CC(NC(=O)OCC1c2ccccc2-c2ccccc21)C(=O)O. The Kier molecular flexibility index (Phi) is 8.61. The highest BCUT2D eigenvalue weighted by Crippen LogP contribution is 2.44. The first-order valence-electron chi connectivity index (χ1n) is 12.6. The number of benzene rings is 3. The van der Waals surface area contributed by atoms with Gasteiger partial charge in [-0.3, -0.25) is 0 Å². The Morgan fingerprint density at radius 1 is 0.889 bits per heavy atom. The summed E-state index contributed by atoms with van der Waals surface area (Å²) in [6.07, 6.45) is 3.71. The molecule has 36 heavy (non-hydrogen) atoms. The molecule has 1 aliphatic carbocycles. The third kappa shape index (κ3) is 6.06. The summed E-state index contributed by atoms with van der Waals surface area (Å²) < 4.78 is 11.5. The molecule has 6 heteroatoms. The number of aliphatic carboxylic acids is 1. The van der Waals surface area contributed by atoms with Crippen LogP contribution >= 0.6 is 0 Å². The highest BCUT2D eigenvalue weighted by atomic mass is 16.5. The second kappa shape index (κ2) is 12.2. The van der Waals surface area contributed by atoms with Crippen molar-refractivity contribution in [3.05, 3.63) is 89.5 Å². The number of carbonyl (C=O) groups excluding carboxylic acids is 1. The molecule has 0 saturated carbocycles. The third-order valence-corrected chi connectivity index (χ3v) is 6.59. The number of alkyl carbamates (subject to hydrolysis) is 1. The minimum absolute atomic E-state index is 0.0896. The summed E-state index contributed by atoms with van der Waals surface area (Å²) in [5.41, 5.74) is 5.21. The molecule has 2 N–H and O–H groups in total. The van der Waals surface area contributed by atoms with Gasteiger partial charge >= 0.3 is 12.1 Å². The Balaban J connectivity index is 1.37. The van der Waals surface area contributed by atoms with Crippen LogP contribution in [-0.4, -0.2) is 36.4 Å². The van der Waals surface area contributed by atoms with E-state index in [4.69, 9.17) is 9.47 Å². The van der Waals surface area contributed by atoms with Gasteiger partial charge in [-0.15, -0.1) is 0 Å². The lowest BCUT2D eigenvalue weighted by Crippen LogP contribution is -2.43. The minimum atomic E-state index is -1.13. The summed E-state index contributed by atoms with van der Waals surface area (Å²) in [4.78, 5) is 24.6. The van der Waals surface area contributed by atoms with E-state index in [0.29, 0.717) is 12.4 Å². The van der Waals surface area contributed by atoms with Crippen LogP contribution in [0.15, 0.2) is 72.8 Å².